The molecule has 4 N–H and O–H groups in total. The molecule has 5 rings (SSSR count). The van der Waals surface area contributed by atoms with E-state index in [0.717, 1.165) is 11.1 Å². The van der Waals surface area contributed by atoms with Gasteiger partial charge in [0.25, 0.3) is 0 Å². The van der Waals surface area contributed by atoms with Gasteiger partial charge in [-0.05, 0) is 36.8 Å². The van der Waals surface area contributed by atoms with Crippen LogP contribution in [0.2, 0.25) is 0 Å². The molecule has 3 atom stereocenters. The predicted molar refractivity (Wildman–Crippen MR) is 168 cm³/mol. The zero-order valence-electron chi connectivity index (χ0n) is 25.7. The number of nitrogens with one attached hydrogen (secondary N) is 4. The van der Waals surface area contributed by atoms with E-state index in [0.29, 0.717) is 44.5 Å². The summed E-state index contributed by atoms with van der Waals surface area (Å²) in [5.41, 5.74) is 2.26. The summed E-state index contributed by atoms with van der Waals surface area (Å²) in [4.78, 5) is 68.2. The summed E-state index contributed by atoms with van der Waals surface area (Å²) in [7, 11) is 0. The van der Waals surface area contributed by atoms with Gasteiger partial charge in [-0.1, -0.05) is 65.9 Å². The van der Waals surface area contributed by atoms with Gasteiger partial charge in [0.1, 0.15) is 23.8 Å². The van der Waals surface area contributed by atoms with E-state index in [2.05, 4.69) is 31.6 Å². The van der Waals surface area contributed by atoms with Crippen molar-refractivity contribution in [3.8, 4) is 0 Å². The number of nitrogens with zero attached hydrogens (tertiary/aromatic N) is 4. The van der Waals surface area contributed by atoms with Gasteiger partial charge in [0.05, 0.1) is 19.3 Å². The van der Waals surface area contributed by atoms with E-state index >= 15 is 0 Å². The zero-order chi connectivity index (χ0) is 32.3. The minimum absolute atomic E-state index is 0.135. The summed E-state index contributed by atoms with van der Waals surface area (Å²) in [5.74, 6) is -1.99. The lowest BCUT2D eigenvalue weighted by molar-refractivity contribution is -0.142. The van der Waals surface area contributed by atoms with Crippen molar-refractivity contribution >= 4 is 29.5 Å². The number of carbonyl (C=O) groups is 5. The molecule has 1 saturated heterocycles. The van der Waals surface area contributed by atoms with Crippen LogP contribution in [-0.2, 0) is 49.9 Å². The molecule has 3 aromatic rings. The molecule has 2 aliphatic heterocycles. The lowest BCUT2D eigenvalue weighted by Crippen LogP contribution is -2.57. The Labute approximate surface area is 267 Å². The van der Waals surface area contributed by atoms with Crippen LogP contribution in [0.3, 0.4) is 0 Å². The Morgan fingerprint density at radius 1 is 0.696 bits per heavy atom. The van der Waals surface area contributed by atoms with Crippen molar-refractivity contribution in [1.82, 2.24) is 41.2 Å². The average molecular weight is 629 g/mol. The Kier molecular flexibility index (Phi) is 11.1. The van der Waals surface area contributed by atoms with Gasteiger partial charge in [-0.25, -0.2) is 0 Å². The van der Waals surface area contributed by atoms with Crippen molar-refractivity contribution < 1.29 is 24.0 Å². The summed E-state index contributed by atoms with van der Waals surface area (Å²) in [6.45, 7) is 0.733. The number of hydrogen-bond donors (Lipinski definition) is 4. The number of aryl methyl sites for hydroxylation is 1. The molecule has 2 aromatic carbocycles. The summed E-state index contributed by atoms with van der Waals surface area (Å²) >= 11 is 0. The van der Waals surface area contributed by atoms with Gasteiger partial charge >= 0.3 is 0 Å². The Bertz CT molecular complexity index is 1510. The van der Waals surface area contributed by atoms with E-state index in [9.17, 15) is 24.0 Å². The second-order valence-electron chi connectivity index (χ2n) is 11.7. The Morgan fingerprint density at radius 3 is 2.11 bits per heavy atom. The molecule has 13 heteroatoms. The molecule has 242 valence electrons. The molecule has 13 nitrogen and oxygen atoms in total. The highest BCUT2D eigenvalue weighted by Gasteiger charge is 2.39. The second kappa shape index (κ2) is 15.8. The first-order valence-electron chi connectivity index (χ1n) is 15.8. The van der Waals surface area contributed by atoms with Crippen molar-refractivity contribution in [2.45, 2.75) is 76.2 Å². The normalized spacial score (nSPS) is 22.4. The van der Waals surface area contributed by atoms with E-state index in [1.807, 2.05) is 60.7 Å². The summed E-state index contributed by atoms with van der Waals surface area (Å²) in [6, 6.07) is 16.0. The van der Waals surface area contributed by atoms with Gasteiger partial charge in [-0.2, -0.15) is 0 Å². The predicted octanol–water partition coefficient (Wildman–Crippen LogP) is 0.640. The first kappa shape index (κ1) is 32.3. The number of fused-ring (bicyclic) bond motifs is 3. The third kappa shape index (κ3) is 8.99. The van der Waals surface area contributed by atoms with Crippen LogP contribution in [0.25, 0.3) is 0 Å². The zero-order valence-corrected chi connectivity index (χ0v) is 25.7. The van der Waals surface area contributed by atoms with Gasteiger partial charge in [-0.15, -0.1) is 5.10 Å². The monoisotopic (exact) mass is 628 g/mol. The molecule has 0 spiro atoms. The van der Waals surface area contributed by atoms with Crippen LogP contribution >= 0.6 is 0 Å². The van der Waals surface area contributed by atoms with Crippen molar-refractivity contribution in [2.24, 2.45) is 0 Å². The molecule has 1 fully saturated rings. The maximum Gasteiger partial charge on any atom is 0.246 e. The van der Waals surface area contributed by atoms with Crippen molar-refractivity contribution in [1.29, 1.82) is 0 Å². The number of rotatable bonds is 4. The van der Waals surface area contributed by atoms with Crippen molar-refractivity contribution in [3.05, 3.63) is 83.7 Å². The highest BCUT2D eigenvalue weighted by molar-refractivity contribution is 5.95. The van der Waals surface area contributed by atoms with Gasteiger partial charge in [0.15, 0.2) is 0 Å². The molecular weight excluding hydrogens is 588 g/mol. The third-order valence-corrected chi connectivity index (χ3v) is 8.19. The van der Waals surface area contributed by atoms with Gasteiger partial charge in [0, 0.05) is 32.4 Å². The average Bonchev–Trinajstić information content (AvgIpc) is 3.74. The van der Waals surface area contributed by atoms with Crippen LogP contribution in [0.1, 0.15) is 48.9 Å². The van der Waals surface area contributed by atoms with Crippen LogP contribution < -0.4 is 21.3 Å². The van der Waals surface area contributed by atoms with Crippen LogP contribution in [0.5, 0.6) is 0 Å². The number of amides is 5. The summed E-state index contributed by atoms with van der Waals surface area (Å²) in [6.07, 6.45) is 4.67. The van der Waals surface area contributed by atoms with Crippen LogP contribution in [0.15, 0.2) is 66.9 Å². The maximum atomic E-state index is 14.0. The SMILES string of the molecule is O=C1CNC(=O)[C@H](Cc2ccccc2)NC(=O)[C@@H]2CCCN2C(=O)[C@H](Cc2ccccc2)NC(=O)CCCCn2cc(nn2)CN1. The van der Waals surface area contributed by atoms with Gasteiger partial charge in [-0.3, -0.25) is 28.7 Å². The molecule has 0 saturated carbocycles. The molecule has 0 unspecified atom stereocenters. The highest BCUT2D eigenvalue weighted by atomic mass is 16.2. The molecule has 2 bridgehead atoms. The van der Waals surface area contributed by atoms with Gasteiger partial charge < -0.3 is 26.2 Å². The van der Waals surface area contributed by atoms with Gasteiger partial charge in [0.2, 0.25) is 29.5 Å². The largest absolute Gasteiger partial charge is 0.349 e. The fourth-order valence-electron chi connectivity index (χ4n) is 5.78. The quantitative estimate of drug-likeness (QED) is 0.329. The van der Waals surface area contributed by atoms with Crippen molar-refractivity contribution in [2.75, 3.05) is 13.1 Å². The maximum absolute atomic E-state index is 14.0. The van der Waals surface area contributed by atoms with E-state index in [1.165, 1.54) is 4.90 Å². The Hall–Kier alpha value is -5.07. The fourth-order valence-corrected chi connectivity index (χ4v) is 5.78. The van der Waals surface area contributed by atoms with E-state index in [1.54, 1.807) is 10.9 Å². The van der Waals surface area contributed by atoms with Crippen LogP contribution in [-0.4, -0.2) is 80.6 Å². The number of aromatic nitrogens is 3. The molecule has 0 aliphatic carbocycles. The second-order valence-corrected chi connectivity index (χ2v) is 11.7. The summed E-state index contributed by atoms with van der Waals surface area (Å²) in [5, 5.41) is 19.3. The first-order chi connectivity index (χ1) is 22.4. The lowest BCUT2D eigenvalue weighted by atomic mass is 10.0. The molecule has 0 radical (unpaired) electrons. The molecular formula is C33H40N8O5. The minimum Gasteiger partial charge on any atom is -0.349 e. The van der Waals surface area contributed by atoms with E-state index < -0.39 is 35.8 Å². The standard InChI is InChI=1S/C33H40N8O5/c42-29-15-7-8-16-40-22-25(38-39-40)20-34-30(43)21-35-31(44)26(18-23-10-3-1-4-11-23)37-32(45)28-14-9-17-41(28)33(46)27(36-29)19-24-12-5-2-6-13-24/h1-6,10-13,22,26-28H,7-9,14-21H2,(H,34,43)(H,35,44)(H,36,42)(H,37,45)/t26-,27-,28-/m0/s1. The Morgan fingerprint density at radius 2 is 1.39 bits per heavy atom. The fraction of sp³-hybridized carbons (Fsp3) is 0.424. The third-order valence-electron chi connectivity index (χ3n) is 8.19. The number of carbonyl (C=O) groups excluding carboxylic acids is 5. The van der Waals surface area contributed by atoms with E-state index in [4.69, 9.17) is 0 Å². The van der Waals surface area contributed by atoms with Crippen LogP contribution in [0.4, 0.5) is 0 Å². The number of hydrogen-bond acceptors (Lipinski definition) is 7. The molecule has 2 aliphatic rings. The number of benzene rings is 2. The topological polar surface area (TPSA) is 167 Å². The lowest BCUT2D eigenvalue weighted by Gasteiger charge is -2.30. The molecule has 1 aromatic heterocycles. The Balaban J connectivity index is 1.38. The smallest absolute Gasteiger partial charge is 0.246 e. The molecule has 46 heavy (non-hydrogen) atoms. The van der Waals surface area contributed by atoms with Crippen molar-refractivity contribution in [3.63, 3.8) is 0 Å². The minimum atomic E-state index is -0.988. The summed E-state index contributed by atoms with van der Waals surface area (Å²) < 4.78 is 1.65. The van der Waals surface area contributed by atoms with Crippen LogP contribution in [0, 0.1) is 0 Å². The van der Waals surface area contributed by atoms with E-state index in [-0.39, 0.29) is 44.2 Å². The molecule has 3 heterocycles. The first-order valence-corrected chi connectivity index (χ1v) is 15.8. The highest BCUT2D eigenvalue weighted by Crippen LogP contribution is 2.20. The molecule has 5 amide bonds.